The van der Waals surface area contributed by atoms with Crippen LogP contribution in [0.15, 0.2) is 18.2 Å². The second-order valence-electron chi connectivity index (χ2n) is 4.38. The number of rotatable bonds is 4. The van der Waals surface area contributed by atoms with Crippen molar-refractivity contribution in [2.45, 2.75) is 33.7 Å². The van der Waals surface area contributed by atoms with Crippen molar-refractivity contribution in [3.05, 3.63) is 29.3 Å². The molecule has 1 amide bonds. The molecule has 0 aliphatic carbocycles. The first-order chi connectivity index (χ1) is 7.49. The lowest BCUT2D eigenvalue weighted by atomic mass is 10.1. The first-order valence-corrected chi connectivity index (χ1v) is 5.59. The van der Waals surface area contributed by atoms with E-state index in [9.17, 15) is 4.79 Å². The van der Waals surface area contributed by atoms with Crippen molar-refractivity contribution in [2.24, 2.45) is 0 Å². The van der Waals surface area contributed by atoms with E-state index in [4.69, 9.17) is 0 Å². The van der Waals surface area contributed by atoms with E-state index in [0.717, 1.165) is 5.69 Å². The topological polar surface area (TPSA) is 41.1 Å². The Labute approximate surface area is 97.2 Å². The third-order valence-electron chi connectivity index (χ3n) is 2.46. The third kappa shape index (κ3) is 4.03. The van der Waals surface area contributed by atoms with Crippen LogP contribution in [0.5, 0.6) is 0 Å². The van der Waals surface area contributed by atoms with Crippen molar-refractivity contribution in [1.29, 1.82) is 0 Å². The van der Waals surface area contributed by atoms with Gasteiger partial charge in [-0.3, -0.25) is 4.79 Å². The van der Waals surface area contributed by atoms with Gasteiger partial charge in [-0.25, -0.2) is 0 Å². The molecule has 1 rings (SSSR count). The molecule has 0 aliphatic rings. The Bertz CT molecular complexity index is 372. The van der Waals surface area contributed by atoms with E-state index < -0.39 is 0 Å². The highest BCUT2D eigenvalue weighted by molar-refractivity contribution is 5.92. The van der Waals surface area contributed by atoms with Crippen molar-refractivity contribution in [3.63, 3.8) is 0 Å². The average molecular weight is 220 g/mol. The smallest absolute Gasteiger partial charge is 0.238 e. The molecule has 2 N–H and O–H groups in total. The van der Waals surface area contributed by atoms with Gasteiger partial charge in [0.05, 0.1) is 6.54 Å². The fourth-order valence-corrected chi connectivity index (χ4v) is 1.32. The van der Waals surface area contributed by atoms with E-state index in [1.165, 1.54) is 11.1 Å². The van der Waals surface area contributed by atoms with Crippen LogP contribution in [-0.4, -0.2) is 18.5 Å². The fraction of sp³-hybridized carbons (Fsp3) is 0.462. The summed E-state index contributed by atoms with van der Waals surface area (Å²) in [6.45, 7) is 8.48. The van der Waals surface area contributed by atoms with E-state index in [1.54, 1.807) is 0 Å². The van der Waals surface area contributed by atoms with Crippen LogP contribution in [-0.2, 0) is 4.79 Å². The molecule has 0 saturated heterocycles. The zero-order chi connectivity index (χ0) is 12.1. The molecule has 0 unspecified atom stereocenters. The molecule has 0 bridgehead atoms. The van der Waals surface area contributed by atoms with Crippen LogP contribution >= 0.6 is 0 Å². The minimum atomic E-state index is -0.00282. The second-order valence-corrected chi connectivity index (χ2v) is 4.38. The van der Waals surface area contributed by atoms with Gasteiger partial charge in [-0.1, -0.05) is 19.9 Å². The standard InChI is InChI=1S/C13H20N2O/c1-9(2)14-8-13(16)15-12-6-5-10(3)11(4)7-12/h5-7,9,14H,8H2,1-4H3,(H,15,16). The molecule has 0 spiro atoms. The molecule has 0 heterocycles. The van der Waals surface area contributed by atoms with Gasteiger partial charge in [0, 0.05) is 11.7 Å². The van der Waals surface area contributed by atoms with Gasteiger partial charge in [0.15, 0.2) is 0 Å². The van der Waals surface area contributed by atoms with Gasteiger partial charge in [-0.05, 0) is 37.1 Å². The molecule has 0 atom stereocenters. The van der Waals surface area contributed by atoms with Crippen molar-refractivity contribution < 1.29 is 4.79 Å². The Hall–Kier alpha value is -1.35. The summed E-state index contributed by atoms with van der Waals surface area (Å²) in [7, 11) is 0. The first-order valence-electron chi connectivity index (χ1n) is 5.59. The van der Waals surface area contributed by atoms with E-state index in [0.29, 0.717) is 12.6 Å². The van der Waals surface area contributed by atoms with Gasteiger partial charge in [-0.2, -0.15) is 0 Å². The van der Waals surface area contributed by atoms with Crippen LogP contribution in [0, 0.1) is 13.8 Å². The minimum Gasteiger partial charge on any atom is -0.325 e. The van der Waals surface area contributed by atoms with Gasteiger partial charge in [0.2, 0.25) is 5.91 Å². The molecule has 0 aromatic heterocycles. The highest BCUT2D eigenvalue weighted by atomic mass is 16.1. The number of carbonyl (C=O) groups excluding carboxylic acids is 1. The Morgan fingerprint density at radius 1 is 1.25 bits per heavy atom. The molecule has 3 nitrogen and oxygen atoms in total. The second kappa shape index (κ2) is 5.66. The summed E-state index contributed by atoms with van der Waals surface area (Å²) in [5.41, 5.74) is 3.28. The highest BCUT2D eigenvalue weighted by Crippen LogP contribution is 2.13. The van der Waals surface area contributed by atoms with Crippen molar-refractivity contribution in [2.75, 3.05) is 11.9 Å². The Morgan fingerprint density at radius 2 is 1.94 bits per heavy atom. The zero-order valence-electron chi connectivity index (χ0n) is 10.4. The lowest BCUT2D eigenvalue weighted by Gasteiger charge is -2.10. The molecule has 16 heavy (non-hydrogen) atoms. The summed E-state index contributed by atoms with van der Waals surface area (Å²) in [4.78, 5) is 11.5. The predicted molar refractivity (Wildman–Crippen MR) is 67.7 cm³/mol. The SMILES string of the molecule is Cc1ccc(NC(=O)CNC(C)C)cc1C. The fourth-order valence-electron chi connectivity index (χ4n) is 1.32. The molecule has 0 radical (unpaired) electrons. The number of benzene rings is 1. The highest BCUT2D eigenvalue weighted by Gasteiger charge is 2.03. The molecule has 0 saturated carbocycles. The zero-order valence-corrected chi connectivity index (χ0v) is 10.4. The lowest BCUT2D eigenvalue weighted by Crippen LogP contribution is -2.32. The monoisotopic (exact) mass is 220 g/mol. The molecule has 0 fully saturated rings. The Morgan fingerprint density at radius 3 is 2.50 bits per heavy atom. The number of hydrogen-bond donors (Lipinski definition) is 2. The molecule has 1 aromatic carbocycles. The summed E-state index contributed by atoms with van der Waals surface area (Å²) in [5, 5.41) is 5.94. The normalized spacial score (nSPS) is 10.6. The summed E-state index contributed by atoms with van der Waals surface area (Å²) < 4.78 is 0. The third-order valence-corrected chi connectivity index (χ3v) is 2.46. The van der Waals surface area contributed by atoms with Crippen molar-refractivity contribution in [3.8, 4) is 0 Å². The molecule has 3 heteroatoms. The Balaban J connectivity index is 2.53. The van der Waals surface area contributed by atoms with Gasteiger partial charge >= 0.3 is 0 Å². The average Bonchev–Trinajstić information content (AvgIpc) is 2.21. The lowest BCUT2D eigenvalue weighted by molar-refractivity contribution is -0.115. The van der Waals surface area contributed by atoms with E-state index in [2.05, 4.69) is 17.6 Å². The molecular formula is C13H20N2O. The van der Waals surface area contributed by atoms with E-state index in [1.807, 2.05) is 39.0 Å². The van der Waals surface area contributed by atoms with Crippen molar-refractivity contribution >= 4 is 11.6 Å². The van der Waals surface area contributed by atoms with Gasteiger partial charge in [0.1, 0.15) is 0 Å². The maximum absolute atomic E-state index is 11.5. The molecular weight excluding hydrogens is 200 g/mol. The van der Waals surface area contributed by atoms with Crippen LogP contribution < -0.4 is 10.6 Å². The number of carbonyl (C=O) groups is 1. The van der Waals surface area contributed by atoms with Crippen LogP contribution in [0.25, 0.3) is 0 Å². The Kier molecular flexibility index (Phi) is 4.50. The van der Waals surface area contributed by atoms with Gasteiger partial charge in [0.25, 0.3) is 0 Å². The van der Waals surface area contributed by atoms with Crippen LogP contribution in [0.4, 0.5) is 5.69 Å². The number of hydrogen-bond acceptors (Lipinski definition) is 2. The number of amides is 1. The summed E-state index contributed by atoms with van der Waals surface area (Å²) in [6, 6.07) is 6.25. The maximum Gasteiger partial charge on any atom is 0.238 e. The van der Waals surface area contributed by atoms with Crippen LogP contribution in [0.3, 0.4) is 0 Å². The number of anilines is 1. The van der Waals surface area contributed by atoms with Crippen LogP contribution in [0.1, 0.15) is 25.0 Å². The summed E-state index contributed by atoms with van der Waals surface area (Å²) in [5.74, 6) is -0.00282. The number of aryl methyl sites for hydroxylation is 2. The maximum atomic E-state index is 11.5. The quantitative estimate of drug-likeness (QED) is 0.817. The van der Waals surface area contributed by atoms with E-state index >= 15 is 0 Å². The first kappa shape index (κ1) is 12.7. The molecule has 1 aromatic rings. The minimum absolute atomic E-state index is 0.00282. The molecule has 0 aliphatic heterocycles. The molecule has 88 valence electrons. The summed E-state index contributed by atoms with van der Waals surface area (Å²) >= 11 is 0. The predicted octanol–water partition coefficient (Wildman–Crippen LogP) is 2.24. The van der Waals surface area contributed by atoms with Gasteiger partial charge < -0.3 is 10.6 Å². The number of nitrogens with one attached hydrogen (secondary N) is 2. The summed E-state index contributed by atoms with van der Waals surface area (Å²) in [6.07, 6.45) is 0. The van der Waals surface area contributed by atoms with Gasteiger partial charge in [-0.15, -0.1) is 0 Å². The van der Waals surface area contributed by atoms with Crippen LogP contribution in [0.2, 0.25) is 0 Å². The largest absolute Gasteiger partial charge is 0.325 e. The van der Waals surface area contributed by atoms with E-state index in [-0.39, 0.29) is 5.91 Å². The van der Waals surface area contributed by atoms with Crippen molar-refractivity contribution in [1.82, 2.24) is 5.32 Å².